The van der Waals surface area contributed by atoms with E-state index >= 15 is 0 Å². The summed E-state index contributed by atoms with van der Waals surface area (Å²) in [5, 5.41) is 0. The molecule has 0 saturated heterocycles. The van der Waals surface area contributed by atoms with Crippen LogP contribution in [0.2, 0.25) is 0 Å². The Hall–Kier alpha value is -3.42. The van der Waals surface area contributed by atoms with Crippen molar-refractivity contribution >= 4 is 6.16 Å². The monoisotopic (exact) mass is 444 g/mol. The summed E-state index contributed by atoms with van der Waals surface area (Å²) in [4.78, 5) is 24.7. The minimum Gasteiger partial charge on any atom is -0.493 e. The van der Waals surface area contributed by atoms with Gasteiger partial charge in [0, 0.05) is 11.5 Å². The number of ether oxygens (including phenoxy) is 6. The Labute approximate surface area is 187 Å². The van der Waals surface area contributed by atoms with Gasteiger partial charge in [-0.05, 0) is 55.2 Å². The highest BCUT2D eigenvalue weighted by Gasteiger charge is 2.32. The summed E-state index contributed by atoms with van der Waals surface area (Å²) in [6.45, 7) is 3.53. The number of methoxy groups -OCH3 is 4. The Bertz CT molecular complexity index is 1060. The first kappa shape index (κ1) is 23.2. The van der Waals surface area contributed by atoms with Gasteiger partial charge in [-0.3, -0.25) is 4.79 Å². The van der Waals surface area contributed by atoms with E-state index in [0.29, 0.717) is 29.2 Å². The zero-order valence-corrected chi connectivity index (χ0v) is 19.1. The maximum absolute atomic E-state index is 12.7. The average Bonchev–Trinajstić information content (AvgIpc) is 2.93. The molecule has 0 aliphatic heterocycles. The van der Waals surface area contributed by atoms with Crippen LogP contribution in [0.5, 0.6) is 23.0 Å². The van der Waals surface area contributed by atoms with Crippen molar-refractivity contribution in [3.05, 3.63) is 45.6 Å². The van der Waals surface area contributed by atoms with Gasteiger partial charge in [-0.2, -0.15) is 0 Å². The molecule has 0 heterocycles. The molecule has 0 fully saturated rings. The molecule has 0 amide bonds. The third-order valence-electron chi connectivity index (χ3n) is 5.28. The van der Waals surface area contributed by atoms with E-state index in [1.165, 1.54) is 20.3 Å². The van der Waals surface area contributed by atoms with Crippen LogP contribution in [-0.4, -0.2) is 47.3 Å². The molecule has 0 N–H and O–H groups in total. The zero-order valence-electron chi connectivity index (χ0n) is 19.1. The fourth-order valence-electron chi connectivity index (χ4n) is 3.94. The summed E-state index contributed by atoms with van der Waals surface area (Å²) >= 11 is 0. The number of carbonyl (C=O) groups excluding carboxylic acids is 1. The molecule has 0 bridgehead atoms. The lowest BCUT2D eigenvalue weighted by Gasteiger charge is -2.29. The average molecular weight is 444 g/mol. The standard InChI is InChI=1S/C24H28O8/c1-13(2)32-24(26)31-12-15-9-14-10-20(28-4)22(29-5)23(30-6)21(14)16-7-8-19(27-3)18(25)11-17(15)16/h7-8,10-11,13,15H,9,12H2,1-6H3. The van der Waals surface area contributed by atoms with Crippen molar-refractivity contribution in [2.45, 2.75) is 32.3 Å². The lowest BCUT2D eigenvalue weighted by molar-refractivity contribution is 0.0309. The molecule has 172 valence electrons. The van der Waals surface area contributed by atoms with Crippen LogP contribution >= 0.6 is 0 Å². The van der Waals surface area contributed by atoms with Crippen LogP contribution in [0.3, 0.4) is 0 Å². The molecule has 8 nitrogen and oxygen atoms in total. The zero-order chi connectivity index (χ0) is 23.4. The van der Waals surface area contributed by atoms with Crippen molar-refractivity contribution in [2.24, 2.45) is 0 Å². The highest BCUT2D eigenvalue weighted by Crippen LogP contribution is 2.51. The molecular formula is C24H28O8. The van der Waals surface area contributed by atoms with Gasteiger partial charge in [-0.25, -0.2) is 4.79 Å². The highest BCUT2D eigenvalue weighted by molar-refractivity contribution is 5.83. The molecule has 0 spiro atoms. The Morgan fingerprint density at radius 3 is 2.25 bits per heavy atom. The SMILES string of the molecule is COc1cc2c(c(OC)c1OC)-c1ccc(OC)c(=O)cc1C(COC(=O)OC(C)C)C2. The number of hydrogen-bond acceptors (Lipinski definition) is 8. The summed E-state index contributed by atoms with van der Waals surface area (Å²) in [7, 11) is 6.09. The van der Waals surface area contributed by atoms with Crippen molar-refractivity contribution in [2.75, 3.05) is 35.0 Å². The van der Waals surface area contributed by atoms with Gasteiger partial charge in [0.1, 0.15) is 6.61 Å². The highest BCUT2D eigenvalue weighted by atomic mass is 16.7. The quantitative estimate of drug-likeness (QED) is 0.593. The second kappa shape index (κ2) is 9.80. The van der Waals surface area contributed by atoms with Gasteiger partial charge in [0.15, 0.2) is 17.2 Å². The van der Waals surface area contributed by atoms with Crippen LogP contribution in [-0.2, 0) is 15.9 Å². The molecule has 0 radical (unpaired) electrons. The van der Waals surface area contributed by atoms with Gasteiger partial charge in [-0.1, -0.05) is 6.07 Å². The van der Waals surface area contributed by atoms with Crippen LogP contribution in [0, 0.1) is 0 Å². The van der Waals surface area contributed by atoms with Crippen molar-refractivity contribution in [1.82, 2.24) is 0 Å². The Morgan fingerprint density at radius 1 is 0.969 bits per heavy atom. The van der Waals surface area contributed by atoms with E-state index in [-0.39, 0.29) is 29.8 Å². The number of carbonyl (C=O) groups is 1. The molecule has 1 unspecified atom stereocenters. The van der Waals surface area contributed by atoms with Crippen LogP contribution < -0.4 is 24.4 Å². The first-order valence-electron chi connectivity index (χ1n) is 10.2. The maximum atomic E-state index is 12.7. The van der Waals surface area contributed by atoms with E-state index in [4.69, 9.17) is 28.4 Å². The third kappa shape index (κ3) is 4.44. The summed E-state index contributed by atoms with van der Waals surface area (Å²) in [5.74, 6) is 1.40. The smallest absolute Gasteiger partial charge is 0.493 e. The van der Waals surface area contributed by atoms with Gasteiger partial charge in [0.2, 0.25) is 11.2 Å². The molecule has 1 aliphatic rings. The predicted molar refractivity (Wildman–Crippen MR) is 118 cm³/mol. The number of hydrogen-bond donors (Lipinski definition) is 0. The molecular weight excluding hydrogens is 416 g/mol. The fraction of sp³-hybridized carbons (Fsp3) is 0.417. The van der Waals surface area contributed by atoms with E-state index in [9.17, 15) is 9.59 Å². The Balaban J connectivity index is 2.19. The molecule has 2 aromatic carbocycles. The predicted octanol–water partition coefficient (Wildman–Crippen LogP) is 3.95. The maximum Gasteiger partial charge on any atom is 0.508 e. The Morgan fingerprint density at radius 2 is 1.66 bits per heavy atom. The fourth-order valence-corrected chi connectivity index (χ4v) is 3.94. The van der Waals surface area contributed by atoms with E-state index in [0.717, 1.165) is 16.7 Å². The van der Waals surface area contributed by atoms with Gasteiger partial charge < -0.3 is 28.4 Å². The summed E-state index contributed by atoms with van der Waals surface area (Å²) in [6.07, 6.45) is -0.560. The molecule has 0 saturated carbocycles. The second-order valence-electron chi connectivity index (χ2n) is 7.59. The first-order chi connectivity index (χ1) is 15.3. The first-order valence-corrected chi connectivity index (χ1v) is 10.2. The van der Waals surface area contributed by atoms with Crippen molar-refractivity contribution < 1.29 is 33.2 Å². The van der Waals surface area contributed by atoms with Gasteiger partial charge in [0.05, 0.1) is 34.5 Å². The number of rotatable bonds is 7. The molecule has 32 heavy (non-hydrogen) atoms. The Kier molecular flexibility index (Phi) is 7.12. The van der Waals surface area contributed by atoms with Crippen molar-refractivity contribution in [3.8, 4) is 34.1 Å². The molecule has 1 aliphatic carbocycles. The molecule has 0 aromatic heterocycles. The van der Waals surface area contributed by atoms with Crippen molar-refractivity contribution in [3.63, 3.8) is 0 Å². The van der Waals surface area contributed by atoms with E-state index in [2.05, 4.69) is 0 Å². The van der Waals surface area contributed by atoms with Crippen LogP contribution in [0.25, 0.3) is 11.1 Å². The van der Waals surface area contributed by atoms with Crippen LogP contribution in [0.1, 0.15) is 30.9 Å². The molecule has 2 aromatic rings. The van der Waals surface area contributed by atoms with Crippen LogP contribution in [0.15, 0.2) is 29.1 Å². The van der Waals surface area contributed by atoms with Gasteiger partial charge in [0.25, 0.3) is 0 Å². The molecule has 8 heteroatoms. The van der Waals surface area contributed by atoms with E-state index in [1.54, 1.807) is 40.2 Å². The molecule has 1 atom stereocenters. The third-order valence-corrected chi connectivity index (χ3v) is 5.28. The lowest BCUT2D eigenvalue weighted by Crippen LogP contribution is -2.21. The van der Waals surface area contributed by atoms with Gasteiger partial charge in [-0.15, -0.1) is 0 Å². The van der Waals surface area contributed by atoms with E-state index in [1.807, 2.05) is 6.07 Å². The van der Waals surface area contributed by atoms with Crippen LogP contribution in [0.4, 0.5) is 4.79 Å². The normalized spacial score (nSPS) is 14.2. The summed E-state index contributed by atoms with van der Waals surface area (Å²) in [6, 6.07) is 6.83. The van der Waals surface area contributed by atoms with E-state index < -0.39 is 6.16 Å². The lowest BCUT2D eigenvalue weighted by atomic mass is 9.79. The minimum absolute atomic E-state index is 0.0421. The molecule has 3 rings (SSSR count). The summed E-state index contributed by atoms with van der Waals surface area (Å²) in [5.41, 5.74) is 2.91. The largest absolute Gasteiger partial charge is 0.508 e. The van der Waals surface area contributed by atoms with Crippen molar-refractivity contribution in [1.29, 1.82) is 0 Å². The van der Waals surface area contributed by atoms with Gasteiger partial charge >= 0.3 is 6.16 Å². The topological polar surface area (TPSA) is 89.5 Å². The number of fused-ring (bicyclic) bond motifs is 3. The minimum atomic E-state index is -0.752. The second-order valence-corrected chi connectivity index (χ2v) is 7.59. The summed E-state index contributed by atoms with van der Waals surface area (Å²) < 4.78 is 32.4. The number of benzene rings is 1.